The van der Waals surface area contributed by atoms with Crippen molar-refractivity contribution in [3.8, 4) is 5.75 Å². The first kappa shape index (κ1) is 10.4. The van der Waals surface area contributed by atoms with Crippen molar-refractivity contribution in [2.24, 2.45) is 0 Å². The van der Waals surface area contributed by atoms with E-state index in [9.17, 15) is 0 Å². The van der Waals surface area contributed by atoms with Crippen LogP contribution in [0.2, 0.25) is 5.02 Å². The number of nitrogens with one attached hydrogen (secondary N) is 1. The Hall–Kier alpha value is -0.705. The molecule has 0 radical (unpaired) electrons. The van der Waals surface area contributed by atoms with Gasteiger partial charge in [-0.05, 0) is 17.6 Å². The smallest absolute Gasteiger partial charge is 0.144 e. The number of ether oxygens (including phenoxy) is 1. The summed E-state index contributed by atoms with van der Waals surface area (Å²) in [6, 6.07) is 3.58. The van der Waals surface area contributed by atoms with E-state index >= 15 is 0 Å². The third-order valence-corrected chi connectivity index (χ3v) is 2.01. The molecule has 0 aliphatic heterocycles. The van der Waals surface area contributed by atoms with Crippen LogP contribution in [0.5, 0.6) is 5.75 Å². The molecule has 0 fully saturated rings. The number of hydrogen-bond donors (Lipinski definition) is 2. The molecule has 0 aliphatic rings. The number of rotatable bonds is 3. The van der Waals surface area contributed by atoms with Gasteiger partial charge in [-0.25, -0.2) is 5.48 Å². The summed E-state index contributed by atoms with van der Waals surface area (Å²) in [6.45, 7) is 0.324. The Balaban J connectivity index is 3.13. The monoisotopic (exact) mass is 199 g/mol. The summed E-state index contributed by atoms with van der Waals surface area (Å²) < 4.78 is 5.17. The fraction of sp³-hybridized carbons (Fsp3) is 0.250. The topological polar surface area (TPSA) is 41.5 Å². The van der Waals surface area contributed by atoms with Crippen LogP contribution in [0, 0.1) is 0 Å². The number of methoxy groups -OCH3 is 1. The van der Waals surface area contributed by atoms with Gasteiger partial charge in [-0.1, -0.05) is 11.6 Å². The van der Waals surface area contributed by atoms with E-state index in [1.165, 1.54) is 0 Å². The average molecular weight is 199 g/mol. The first-order chi connectivity index (χ1) is 6.19. The third kappa shape index (κ3) is 2.37. The average Bonchev–Trinajstić information content (AvgIpc) is 2.04. The molecule has 1 rings (SSSR count). The molecular formula is C8H11BClNO2. The predicted octanol–water partition coefficient (Wildman–Crippen LogP) is 0.0858. The zero-order valence-corrected chi connectivity index (χ0v) is 8.35. The molecular weight excluding hydrogens is 188 g/mol. The molecule has 0 heterocycles. The van der Waals surface area contributed by atoms with E-state index in [2.05, 4.69) is 5.48 Å². The van der Waals surface area contributed by atoms with Gasteiger partial charge in [0.25, 0.3) is 0 Å². The maximum atomic E-state index is 8.57. The second kappa shape index (κ2) is 4.51. The van der Waals surface area contributed by atoms with Crippen molar-refractivity contribution < 1.29 is 9.94 Å². The van der Waals surface area contributed by atoms with E-state index in [4.69, 9.17) is 21.5 Å². The quantitative estimate of drug-likeness (QED) is 0.535. The van der Waals surface area contributed by atoms with Gasteiger partial charge in [0.2, 0.25) is 0 Å². The lowest BCUT2D eigenvalue weighted by Gasteiger charge is -2.11. The molecule has 5 heteroatoms. The van der Waals surface area contributed by atoms with Crippen LogP contribution >= 0.6 is 11.6 Å². The van der Waals surface area contributed by atoms with Gasteiger partial charge in [0.1, 0.15) is 13.6 Å². The van der Waals surface area contributed by atoms with Crippen molar-refractivity contribution in [2.45, 2.75) is 6.54 Å². The Labute approximate surface area is 83.0 Å². The summed E-state index contributed by atoms with van der Waals surface area (Å²) >= 11 is 5.85. The minimum atomic E-state index is 0.324. The highest BCUT2D eigenvalue weighted by Gasteiger charge is 2.06. The van der Waals surface area contributed by atoms with Gasteiger partial charge in [0, 0.05) is 17.1 Å². The largest absolute Gasteiger partial charge is 0.497 e. The molecule has 0 spiro atoms. The molecule has 0 saturated carbocycles. The summed E-state index contributed by atoms with van der Waals surface area (Å²) in [6.07, 6.45) is 0. The van der Waals surface area contributed by atoms with Gasteiger partial charge < -0.3 is 9.94 Å². The second-order valence-corrected chi connectivity index (χ2v) is 3.19. The molecule has 1 aromatic carbocycles. The van der Waals surface area contributed by atoms with Crippen molar-refractivity contribution >= 4 is 24.9 Å². The summed E-state index contributed by atoms with van der Waals surface area (Å²) in [4.78, 5) is 0. The van der Waals surface area contributed by atoms with Crippen LogP contribution in [0.3, 0.4) is 0 Å². The van der Waals surface area contributed by atoms with Gasteiger partial charge in [0.15, 0.2) is 0 Å². The van der Waals surface area contributed by atoms with E-state index in [1.807, 2.05) is 13.9 Å². The van der Waals surface area contributed by atoms with Crippen LogP contribution < -0.4 is 15.7 Å². The van der Waals surface area contributed by atoms with Crippen LogP contribution in [0.1, 0.15) is 5.56 Å². The van der Waals surface area contributed by atoms with Crippen LogP contribution in [0.4, 0.5) is 0 Å². The molecule has 0 saturated heterocycles. The summed E-state index contributed by atoms with van der Waals surface area (Å²) in [7, 11) is 3.50. The normalized spacial score (nSPS) is 10.1. The van der Waals surface area contributed by atoms with Gasteiger partial charge in [-0.2, -0.15) is 0 Å². The maximum Gasteiger partial charge on any atom is 0.144 e. The Morgan fingerprint density at radius 1 is 1.62 bits per heavy atom. The molecule has 1 aromatic rings. The minimum absolute atomic E-state index is 0.324. The Kier molecular flexibility index (Phi) is 3.60. The lowest BCUT2D eigenvalue weighted by molar-refractivity contribution is 0.160. The van der Waals surface area contributed by atoms with Gasteiger partial charge in [-0.15, -0.1) is 0 Å². The Morgan fingerprint density at radius 2 is 2.31 bits per heavy atom. The fourth-order valence-electron chi connectivity index (χ4n) is 1.31. The molecule has 3 nitrogen and oxygen atoms in total. The zero-order valence-electron chi connectivity index (χ0n) is 7.60. The molecule has 0 bridgehead atoms. The summed E-state index contributed by atoms with van der Waals surface area (Å²) in [5.74, 6) is 0.756. The highest BCUT2D eigenvalue weighted by atomic mass is 35.5. The third-order valence-electron chi connectivity index (χ3n) is 1.79. The summed E-state index contributed by atoms with van der Waals surface area (Å²) in [5.41, 5.74) is 3.88. The molecule has 0 amide bonds. The first-order valence-corrected chi connectivity index (χ1v) is 4.26. The van der Waals surface area contributed by atoms with Gasteiger partial charge in [0.05, 0.1) is 7.11 Å². The van der Waals surface area contributed by atoms with E-state index in [0.29, 0.717) is 11.6 Å². The SMILES string of the molecule is Bc1cc(Cl)cc(CNO)c1OC. The van der Waals surface area contributed by atoms with Gasteiger partial charge in [-0.3, -0.25) is 0 Å². The van der Waals surface area contributed by atoms with Crippen molar-refractivity contribution in [3.63, 3.8) is 0 Å². The zero-order chi connectivity index (χ0) is 9.84. The number of hydrogen-bond acceptors (Lipinski definition) is 3. The molecule has 0 aliphatic carbocycles. The van der Waals surface area contributed by atoms with Gasteiger partial charge >= 0.3 is 0 Å². The van der Waals surface area contributed by atoms with Crippen molar-refractivity contribution in [1.82, 2.24) is 5.48 Å². The lowest BCUT2D eigenvalue weighted by Crippen LogP contribution is -2.14. The Morgan fingerprint density at radius 3 is 2.85 bits per heavy atom. The number of hydroxylamine groups is 1. The fourth-order valence-corrected chi connectivity index (χ4v) is 1.60. The second-order valence-electron chi connectivity index (χ2n) is 2.75. The molecule has 13 heavy (non-hydrogen) atoms. The number of halogens is 1. The van der Waals surface area contributed by atoms with E-state index in [-0.39, 0.29) is 0 Å². The standard InChI is InChI=1S/C8H11BClNO2/c1-13-8-5(4-11-12)2-6(10)3-7(8)9/h2-3,11-12H,4,9H2,1H3. The molecule has 70 valence electrons. The molecule has 2 N–H and O–H groups in total. The van der Waals surface area contributed by atoms with Crippen LogP contribution in [0.15, 0.2) is 12.1 Å². The molecule has 0 atom stereocenters. The van der Waals surface area contributed by atoms with Crippen molar-refractivity contribution in [3.05, 3.63) is 22.7 Å². The minimum Gasteiger partial charge on any atom is -0.497 e. The van der Waals surface area contributed by atoms with Crippen LogP contribution in [-0.4, -0.2) is 20.2 Å². The van der Waals surface area contributed by atoms with E-state index in [0.717, 1.165) is 16.8 Å². The van der Waals surface area contributed by atoms with Crippen molar-refractivity contribution in [2.75, 3.05) is 7.11 Å². The van der Waals surface area contributed by atoms with Crippen LogP contribution in [-0.2, 0) is 6.54 Å². The van der Waals surface area contributed by atoms with Crippen molar-refractivity contribution in [1.29, 1.82) is 0 Å². The first-order valence-electron chi connectivity index (χ1n) is 3.89. The van der Waals surface area contributed by atoms with E-state index in [1.54, 1.807) is 13.2 Å². The Bertz CT molecular complexity index is 306. The summed E-state index contributed by atoms with van der Waals surface area (Å²) in [5, 5.41) is 9.21. The van der Waals surface area contributed by atoms with E-state index < -0.39 is 0 Å². The van der Waals surface area contributed by atoms with Crippen LogP contribution in [0.25, 0.3) is 0 Å². The molecule has 0 aromatic heterocycles. The lowest BCUT2D eigenvalue weighted by atomic mass is 9.92. The maximum absolute atomic E-state index is 8.57. The highest BCUT2D eigenvalue weighted by Crippen LogP contribution is 2.19. The predicted molar refractivity (Wildman–Crippen MR) is 54.8 cm³/mol. The number of benzene rings is 1. The molecule has 0 unspecified atom stereocenters. The highest BCUT2D eigenvalue weighted by molar-refractivity contribution is 6.37.